The Morgan fingerprint density at radius 2 is 1.92 bits per heavy atom. The second-order valence-corrected chi connectivity index (χ2v) is 10.1. The molecule has 1 atom stereocenters. The summed E-state index contributed by atoms with van der Waals surface area (Å²) in [6.45, 7) is 9.12. The van der Waals surface area contributed by atoms with E-state index in [2.05, 4.69) is 35.0 Å². The fraction of sp³-hybridized carbons (Fsp3) is 0.483. The van der Waals surface area contributed by atoms with Gasteiger partial charge in [0.1, 0.15) is 6.26 Å². The summed E-state index contributed by atoms with van der Waals surface area (Å²) in [5.74, 6) is 0.477. The highest BCUT2D eigenvalue weighted by molar-refractivity contribution is 5.92. The normalized spacial score (nSPS) is 17.7. The number of amides is 2. The van der Waals surface area contributed by atoms with Crippen LogP contribution in [-0.2, 0) is 22.6 Å². The summed E-state index contributed by atoms with van der Waals surface area (Å²) >= 11 is 0. The second kappa shape index (κ2) is 11.9. The van der Waals surface area contributed by atoms with Crippen molar-refractivity contribution in [3.8, 4) is 0 Å². The summed E-state index contributed by atoms with van der Waals surface area (Å²) in [4.78, 5) is 36.3. The fourth-order valence-corrected chi connectivity index (χ4v) is 5.31. The molecule has 0 saturated carbocycles. The standard InChI is InChI=1S/C29H37N5O4/c1-3-28(35)34(19-24-10-7-17-37-24)18-23-9-6-12-33(23)20-27-30-25(21-38-27)29(36)32-15-13-31(14-16-32)26-11-5-4-8-22(26)2/h4-6,8-9,11-12,21,24H,3,7,10,13-20H2,1-2H3. The highest BCUT2D eigenvalue weighted by Crippen LogP contribution is 2.22. The summed E-state index contributed by atoms with van der Waals surface area (Å²) in [6, 6.07) is 12.3. The number of rotatable bonds is 9. The van der Waals surface area contributed by atoms with Gasteiger partial charge < -0.3 is 28.4 Å². The molecule has 9 heteroatoms. The lowest BCUT2D eigenvalue weighted by Crippen LogP contribution is -2.49. The van der Waals surface area contributed by atoms with E-state index in [0.717, 1.165) is 38.2 Å². The van der Waals surface area contributed by atoms with Gasteiger partial charge in [0.15, 0.2) is 5.69 Å². The lowest BCUT2D eigenvalue weighted by molar-refractivity contribution is -0.133. The maximum absolute atomic E-state index is 13.1. The number of aryl methyl sites for hydroxylation is 1. The van der Waals surface area contributed by atoms with Crippen LogP contribution in [0, 0.1) is 6.92 Å². The summed E-state index contributed by atoms with van der Waals surface area (Å²) in [6.07, 6.45) is 6.00. The maximum atomic E-state index is 13.1. The molecule has 0 spiro atoms. The minimum Gasteiger partial charge on any atom is -0.446 e. The number of oxazole rings is 1. The van der Waals surface area contributed by atoms with Crippen molar-refractivity contribution in [1.82, 2.24) is 19.4 Å². The van der Waals surface area contributed by atoms with E-state index in [0.29, 0.717) is 50.7 Å². The number of ether oxygens (including phenoxy) is 1. The second-order valence-electron chi connectivity index (χ2n) is 10.1. The molecule has 2 aliphatic heterocycles. The Morgan fingerprint density at radius 3 is 2.66 bits per heavy atom. The Morgan fingerprint density at radius 1 is 1.11 bits per heavy atom. The molecule has 0 radical (unpaired) electrons. The van der Waals surface area contributed by atoms with Gasteiger partial charge in [-0.2, -0.15) is 0 Å². The first-order chi connectivity index (χ1) is 18.5. The van der Waals surface area contributed by atoms with Crippen molar-refractivity contribution in [2.75, 3.05) is 44.2 Å². The highest BCUT2D eigenvalue weighted by atomic mass is 16.5. The van der Waals surface area contributed by atoms with E-state index >= 15 is 0 Å². The third kappa shape index (κ3) is 5.93. The van der Waals surface area contributed by atoms with Crippen molar-refractivity contribution >= 4 is 17.5 Å². The van der Waals surface area contributed by atoms with Gasteiger partial charge in [0.05, 0.1) is 19.2 Å². The van der Waals surface area contributed by atoms with Crippen LogP contribution in [0.15, 0.2) is 53.3 Å². The third-order valence-corrected chi connectivity index (χ3v) is 7.48. The zero-order chi connectivity index (χ0) is 26.5. The predicted octanol–water partition coefficient (Wildman–Crippen LogP) is 3.71. The number of hydrogen-bond acceptors (Lipinski definition) is 6. The largest absolute Gasteiger partial charge is 0.446 e. The Hall–Kier alpha value is -3.59. The Bertz CT molecular complexity index is 1240. The average Bonchev–Trinajstić information content (AvgIpc) is 3.72. The van der Waals surface area contributed by atoms with Crippen LogP contribution in [-0.4, -0.2) is 76.6 Å². The zero-order valence-electron chi connectivity index (χ0n) is 22.3. The van der Waals surface area contributed by atoms with Gasteiger partial charge in [-0.15, -0.1) is 0 Å². The summed E-state index contributed by atoms with van der Waals surface area (Å²) in [5, 5.41) is 0. The zero-order valence-corrected chi connectivity index (χ0v) is 22.3. The van der Waals surface area contributed by atoms with E-state index in [-0.39, 0.29) is 17.9 Å². The van der Waals surface area contributed by atoms with Gasteiger partial charge in [-0.3, -0.25) is 9.59 Å². The number of hydrogen-bond donors (Lipinski definition) is 0. The molecule has 5 rings (SSSR count). The molecule has 0 N–H and O–H groups in total. The molecule has 0 aliphatic carbocycles. The van der Waals surface area contributed by atoms with Crippen LogP contribution in [0.4, 0.5) is 5.69 Å². The first-order valence-electron chi connectivity index (χ1n) is 13.6. The van der Waals surface area contributed by atoms with Gasteiger partial charge >= 0.3 is 0 Å². The minimum atomic E-state index is -0.103. The summed E-state index contributed by atoms with van der Waals surface area (Å²) < 4.78 is 13.5. The molecule has 4 heterocycles. The molecule has 1 unspecified atom stereocenters. The number of carbonyl (C=O) groups excluding carboxylic acids is 2. The molecule has 2 aromatic heterocycles. The number of para-hydroxylation sites is 1. The molecule has 202 valence electrons. The van der Waals surface area contributed by atoms with E-state index in [9.17, 15) is 9.59 Å². The molecule has 38 heavy (non-hydrogen) atoms. The summed E-state index contributed by atoms with van der Waals surface area (Å²) in [5.41, 5.74) is 3.79. The highest BCUT2D eigenvalue weighted by Gasteiger charge is 2.26. The molecule has 3 aromatic rings. The molecule has 2 aliphatic rings. The lowest BCUT2D eigenvalue weighted by atomic mass is 10.1. The van der Waals surface area contributed by atoms with Crippen LogP contribution in [0.2, 0.25) is 0 Å². The molecule has 2 fully saturated rings. The van der Waals surface area contributed by atoms with E-state index in [1.54, 1.807) is 0 Å². The number of nitrogens with zero attached hydrogens (tertiary/aromatic N) is 5. The lowest BCUT2D eigenvalue weighted by Gasteiger charge is -2.36. The van der Waals surface area contributed by atoms with Crippen molar-refractivity contribution in [3.05, 3.63) is 71.7 Å². The van der Waals surface area contributed by atoms with Gasteiger partial charge in [0.25, 0.3) is 5.91 Å². The topological polar surface area (TPSA) is 84.1 Å². The first kappa shape index (κ1) is 26.0. The Kier molecular flexibility index (Phi) is 8.12. The molecular formula is C29H37N5O4. The Labute approximate surface area is 224 Å². The van der Waals surface area contributed by atoms with Crippen LogP contribution in [0.1, 0.15) is 53.8 Å². The predicted molar refractivity (Wildman–Crippen MR) is 144 cm³/mol. The SMILES string of the molecule is CCC(=O)N(Cc1cccn1Cc1nc(C(=O)N2CCN(c3ccccc3C)CC2)co1)CC1CCCO1. The van der Waals surface area contributed by atoms with Crippen molar-refractivity contribution in [3.63, 3.8) is 0 Å². The smallest absolute Gasteiger partial charge is 0.275 e. The molecule has 9 nitrogen and oxygen atoms in total. The van der Waals surface area contributed by atoms with Crippen molar-refractivity contribution < 1.29 is 18.7 Å². The van der Waals surface area contributed by atoms with Gasteiger partial charge in [-0.1, -0.05) is 25.1 Å². The first-order valence-corrected chi connectivity index (χ1v) is 13.6. The van der Waals surface area contributed by atoms with Gasteiger partial charge in [0.2, 0.25) is 11.8 Å². The van der Waals surface area contributed by atoms with Crippen molar-refractivity contribution in [2.24, 2.45) is 0 Å². The minimum absolute atomic E-state index is 0.103. The third-order valence-electron chi connectivity index (χ3n) is 7.48. The van der Waals surface area contributed by atoms with Gasteiger partial charge in [-0.05, 0) is 43.5 Å². The fourth-order valence-electron chi connectivity index (χ4n) is 5.31. The van der Waals surface area contributed by atoms with Crippen molar-refractivity contribution in [2.45, 2.75) is 52.3 Å². The van der Waals surface area contributed by atoms with Gasteiger partial charge in [-0.25, -0.2) is 4.98 Å². The number of anilines is 1. The van der Waals surface area contributed by atoms with Crippen LogP contribution in [0.3, 0.4) is 0 Å². The maximum Gasteiger partial charge on any atom is 0.275 e. The van der Waals surface area contributed by atoms with Crippen LogP contribution in [0.25, 0.3) is 0 Å². The number of benzene rings is 1. The average molecular weight is 520 g/mol. The molecular weight excluding hydrogens is 482 g/mol. The van der Waals surface area contributed by atoms with Crippen LogP contribution < -0.4 is 4.90 Å². The summed E-state index contributed by atoms with van der Waals surface area (Å²) in [7, 11) is 0. The van der Waals surface area contributed by atoms with Crippen molar-refractivity contribution in [1.29, 1.82) is 0 Å². The molecule has 2 saturated heterocycles. The van der Waals surface area contributed by atoms with E-state index in [1.165, 1.54) is 17.5 Å². The number of piperazine rings is 1. The van der Waals surface area contributed by atoms with E-state index in [4.69, 9.17) is 9.15 Å². The number of carbonyl (C=O) groups is 2. The molecule has 2 amide bonds. The van der Waals surface area contributed by atoms with Crippen LogP contribution in [0.5, 0.6) is 0 Å². The number of aromatic nitrogens is 2. The van der Waals surface area contributed by atoms with E-state index < -0.39 is 0 Å². The van der Waals surface area contributed by atoms with Crippen LogP contribution >= 0.6 is 0 Å². The van der Waals surface area contributed by atoms with E-state index in [1.807, 2.05) is 45.7 Å². The molecule has 1 aromatic carbocycles. The monoisotopic (exact) mass is 519 g/mol. The Balaban J connectivity index is 1.19. The quantitative estimate of drug-likeness (QED) is 0.429. The molecule has 0 bridgehead atoms. The van der Waals surface area contributed by atoms with Gasteiger partial charge in [0, 0.05) is 63.3 Å².